The number of rotatable bonds is 4. The second-order valence-electron chi connectivity index (χ2n) is 4.72. The second kappa shape index (κ2) is 6.01. The van der Waals surface area contributed by atoms with E-state index in [1.54, 1.807) is 11.3 Å². The van der Waals surface area contributed by atoms with Crippen LogP contribution in [-0.2, 0) is 4.79 Å². The lowest BCUT2D eigenvalue weighted by Crippen LogP contribution is -2.37. The first-order valence-corrected chi connectivity index (χ1v) is 7.55. The van der Waals surface area contributed by atoms with Crippen LogP contribution in [0.5, 0.6) is 0 Å². The first-order valence-electron chi connectivity index (χ1n) is 5.81. The van der Waals surface area contributed by atoms with Crippen LogP contribution in [0, 0.1) is 12.8 Å². The van der Waals surface area contributed by atoms with E-state index in [2.05, 4.69) is 41.9 Å². The van der Waals surface area contributed by atoms with Gasteiger partial charge in [-0.25, -0.2) is 0 Å². The molecule has 1 amide bonds. The van der Waals surface area contributed by atoms with Crippen molar-refractivity contribution in [3.63, 3.8) is 0 Å². The number of carbonyl (C=O) groups excluding carboxylic acids is 1. The van der Waals surface area contributed by atoms with Gasteiger partial charge in [-0.2, -0.15) is 0 Å². The molecule has 2 unspecified atom stereocenters. The molecule has 0 radical (unpaired) electrons. The van der Waals surface area contributed by atoms with E-state index in [9.17, 15) is 4.79 Å². The van der Waals surface area contributed by atoms with Gasteiger partial charge in [0.2, 0.25) is 5.91 Å². The van der Waals surface area contributed by atoms with E-state index in [4.69, 9.17) is 0 Å². The third kappa shape index (κ3) is 3.55. The Balaban J connectivity index is 2.76. The predicted octanol–water partition coefficient (Wildman–Crippen LogP) is 4.00. The highest BCUT2D eigenvalue weighted by molar-refractivity contribution is 9.10. The molecule has 0 N–H and O–H groups in total. The molecule has 4 heteroatoms. The molecule has 0 aliphatic heterocycles. The van der Waals surface area contributed by atoms with Gasteiger partial charge in [0.15, 0.2) is 0 Å². The van der Waals surface area contributed by atoms with E-state index in [0.717, 1.165) is 0 Å². The maximum atomic E-state index is 12.2. The molecule has 0 bridgehead atoms. The Morgan fingerprint density at radius 3 is 2.35 bits per heavy atom. The van der Waals surface area contributed by atoms with Gasteiger partial charge in [0, 0.05) is 16.8 Å². The summed E-state index contributed by atoms with van der Waals surface area (Å²) >= 11 is 5.22. The minimum absolute atomic E-state index is 0.101. The van der Waals surface area contributed by atoms with Crippen LogP contribution in [0.15, 0.2) is 12.1 Å². The zero-order valence-corrected chi connectivity index (χ0v) is 13.4. The average Bonchev–Trinajstić information content (AvgIpc) is 2.71. The number of alkyl halides is 1. The van der Waals surface area contributed by atoms with E-state index in [1.807, 2.05) is 25.8 Å². The molecule has 0 spiro atoms. The molecule has 2 atom stereocenters. The van der Waals surface area contributed by atoms with Crippen LogP contribution in [0.25, 0.3) is 0 Å². The summed E-state index contributed by atoms with van der Waals surface area (Å²) in [5.41, 5.74) is 0. The smallest absolute Gasteiger partial charge is 0.236 e. The van der Waals surface area contributed by atoms with Crippen molar-refractivity contribution in [3.8, 4) is 0 Å². The molecule has 1 rings (SSSR count). The summed E-state index contributed by atoms with van der Waals surface area (Å²) in [6, 6.07) is 4.34. The molecule has 0 aliphatic rings. The standard InChI is InChI=1S/C13H20BrNOS/c1-8(2)12(14)13(16)15(5)10(4)11-7-6-9(3)17-11/h6-8,10,12H,1-5H3. The SMILES string of the molecule is Cc1ccc(C(C)N(C)C(=O)C(Br)C(C)C)s1. The largest absolute Gasteiger partial charge is 0.337 e. The van der Waals surface area contributed by atoms with Gasteiger partial charge in [-0.05, 0) is 31.9 Å². The zero-order chi connectivity index (χ0) is 13.2. The highest BCUT2D eigenvalue weighted by Gasteiger charge is 2.26. The maximum absolute atomic E-state index is 12.2. The van der Waals surface area contributed by atoms with Crippen molar-refractivity contribution in [2.75, 3.05) is 7.05 Å². The zero-order valence-electron chi connectivity index (χ0n) is 11.0. The number of carbonyl (C=O) groups is 1. The van der Waals surface area contributed by atoms with Gasteiger partial charge in [0.25, 0.3) is 0 Å². The number of aryl methyl sites for hydroxylation is 1. The molecule has 0 saturated heterocycles. The van der Waals surface area contributed by atoms with E-state index < -0.39 is 0 Å². The quantitative estimate of drug-likeness (QED) is 0.769. The summed E-state index contributed by atoms with van der Waals surface area (Å²) in [4.78, 5) is 16.4. The third-order valence-electron chi connectivity index (χ3n) is 2.92. The molecule has 0 aliphatic carbocycles. The molecule has 1 aromatic rings. The molecule has 1 heterocycles. The van der Waals surface area contributed by atoms with Crippen molar-refractivity contribution in [2.45, 2.75) is 38.6 Å². The molecule has 17 heavy (non-hydrogen) atoms. The molecular formula is C13H20BrNOS. The number of halogens is 1. The first kappa shape index (κ1) is 14.7. The Morgan fingerprint density at radius 1 is 1.35 bits per heavy atom. The van der Waals surface area contributed by atoms with Gasteiger partial charge in [-0.1, -0.05) is 29.8 Å². The fourth-order valence-electron chi connectivity index (χ4n) is 1.54. The fraction of sp³-hybridized carbons (Fsp3) is 0.615. The summed E-state index contributed by atoms with van der Waals surface area (Å²) in [7, 11) is 1.87. The fourth-order valence-corrected chi connectivity index (χ4v) is 2.83. The number of amides is 1. The Hall–Kier alpha value is -0.350. The molecular weight excluding hydrogens is 298 g/mol. The summed E-state index contributed by atoms with van der Waals surface area (Å²) in [6.07, 6.45) is 0. The van der Waals surface area contributed by atoms with Gasteiger partial charge < -0.3 is 4.90 Å². The van der Waals surface area contributed by atoms with E-state index in [0.29, 0.717) is 5.92 Å². The van der Waals surface area contributed by atoms with Gasteiger partial charge in [-0.15, -0.1) is 11.3 Å². The van der Waals surface area contributed by atoms with Gasteiger partial charge in [0.05, 0.1) is 10.9 Å². The highest BCUT2D eigenvalue weighted by Crippen LogP contribution is 2.28. The summed E-state index contributed by atoms with van der Waals surface area (Å²) < 4.78 is 0. The molecule has 0 saturated carbocycles. The Kier molecular flexibility index (Phi) is 5.20. The Bertz CT molecular complexity index is 389. The monoisotopic (exact) mass is 317 g/mol. The van der Waals surface area contributed by atoms with Crippen LogP contribution in [0.2, 0.25) is 0 Å². The van der Waals surface area contributed by atoms with Crippen LogP contribution in [-0.4, -0.2) is 22.7 Å². The van der Waals surface area contributed by atoms with Crippen LogP contribution < -0.4 is 0 Å². The van der Waals surface area contributed by atoms with Crippen molar-refractivity contribution < 1.29 is 4.79 Å². The minimum atomic E-state index is -0.101. The second-order valence-corrected chi connectivity index (χ2v) is 7.03. The van der Waals surface area contributed by atoms with E-state index in [-0.39, 0.29) is 16.8 Å². The van der Waals surface area contributed by atoms with Crippen LogP contribution in [0.3, 0.4) is 0 Å². The van der Waals surface area contributed by atoms with Gasteiger partial charge in [-0.3, -0.25) is 4.79 Å². The lowest BCUT2D eigenvalue weighted by atomic mass is 10.1. The molecule has 96 valence electrons. The number of hydrogen-bond acceptors (Lipinski definition) is 2. The third-order valence-corrected chi connectivity index (χ3v) is 5.54. The molecule has 0 aromatic carbocycles. The number of hydrogen-bond donors (Lipinski definition) is 0. The van der Waals surface area contributed by atoms with Crippen molar-refractivity contribution >= 4 is 33.2 Å². The van der Waals surface area contributed by atoms with E-state index >= 15 is 0 Å². The predicted molar refractivity (Wildman–Crippen MR) is 77.8 cm³/mol. The summed E-state index contributed by atoms with van der Waals surface area (Å²) in [5, 5.41) is 0. The average molecular weight is 318 g/mol. The lowest BCUT2D eigenvalue weighted by molar-refractivity contribution is -0.131. The van der Waals surface area contributed by atoms with Crippen LogP contribution in [0.4, 0.5) is 0 Å². The van der Waals surface area contributed by atoms with Crippen molar-refractivity contribution in [3.05, 3.63) is 21.9 Å². The van der Waals surface area contributed by atoms with Crippen molar-refractivity contribution in [1.29, 1.82) is 0 Å². The minimum Gasteiger partial charge on any atom is -0.337 e. The lowest BCUT2D eigenvalue weighted by Gasteiger charge is -2.27. The van der Waals surface area contributed by atoms with Gasteiger partial charge >= 0.3 is 0 Å². The number of nitrogens with zero attached hydrogens (tertiary/aromatic N) is 1. The van der Waals surface area contributed by atoms with Crippen LogP contribution >= 0.6 is 27.3 Å². The Labute approximate surface area is 116 Å². The molecule has 2 nitrogen and oxygen atoms in total. The van der Waals surface area contributed by atoms with Gasteiger partial charge in [0.1, 0.15) is 0 Å². The molecule has 0 fully saturated rings. The maximum Gasteiger partial charge on any atom is 0.236 e. The first-order chi connectivity index (χ1) is 7.84. The summed E-state index contributed by atoms with van der Waals surface area (Å²) in [6.45, 7) is 8.25. The van der Waals surface area contributed by atoms with Crippen molar-refractivity contribution in [1.82, 2.24) is 4.90 Å². The topological polar surface area (TPSA) is 20.3 Å². The van der Waals surface area contributed by atoms with Crippen molar-refractivity contribution in [2.24, 2.45) is 5.92 Å². The normalized spacial score (nSPS) is 14.8. The highest BCUT2D eigenvalue weighted by atomic mass is 79.9. The number of thiophene rings is 1. The van der Waals surface area contributed by atoms with E-state index in [1.165, 1.54) is 9.75 Å². The Morgan fingerprint density at radius 2 is 1.94 bits per heavy atom. The molecule has 1 aromatic heterocycles. The summed E-state index contributed by atoms with van der Waals surface area (Å²) in [5.74, 6) is 0.459. The van der Waals surface area contributed by atoms with Crippen LogP contribution in [0.1, 0.15) is 36.6 Å².